The van der Waals surface area contributed by atoms with Gasteiger partial charge < -0.3 is 24.5 Å². The van der Waals surface area contributed by atoms with E-state index in [-0.39, 0.29) is 46.2 Å². The molecule has 3 aromatic carbocycles. The zero-order chi connectivity index (χ0) is 48.5. The molecule has 4 aliphatic heterocycles. The summed E-state index contributed by atoms with van der Waals surface area (Å²) in [5.41, 5.74) is 1.66. The summed E-state index contributed by atoms with van der Waals surface area (Å²) in [7, 11) is 1.73. The molecule has 0 spiro atoms. The van der Waals surface area contributed by atoms with E-state index < -0.39 is 29.2 Å². The molecule has 0 radical (unpaired) electrons. The van der Waals surface area contributed by atoms with Gasteiger partial charge in [-0.1, -0.05) is 30.2 Å². The van der Waals surface area contributed by atoms with Crippen molar-refractivity contribution in [2.24, 2.45) is 18.4 Å². The molecule has 2 N–H and O–H groups in total. The number of amides is 2. The summed E-state index contributed by atoms with van der Waals surface area (Å²) in [5, 5.41) is 14.9. The van der Waals surface area contributed by atoms with Crippen LogP contribution in [-0.2, 0) is 16.6 Å². The smallest absolute Gasteiger partial charge is 0.329 e. The molecule has 70 heavy (non-hydrogen) atoms. The fraction of sp³-hybridized carbons (Fsp3) is 0.472. The van der Waals surface area contributed by atoms with Gasteiger partial charge in [-0.25, -0.2) is 13.6 Å². The van der Waals surface area contributed by atoms with Gasteiger partial charge in [-0.2, -0.15) is 9.97 Å². The number of carbonyl (C=O) groups is 2. The number of benzene rings is 3. The number of hydrogen-bond acceptors (Lipinski definition) is 12. The van der Waals surface area contributed by atoms with Crippen LogP contribution in [0.15, 0.2) is 59.5 Å². The highest BCUT2D eigenvalue weighted by atomic mass is 19.1. The number of anilines is 2. The lowest BCUT2D eigenvalue weighted by atomic mass is 9.94. The standard InChI is InChI=1S/C53H58F2N10O5/c1-4-36-39(54)11-9-34-7-5-8-37(44(34)36)46-45(55)47-38(28-56-46)48(64-20-6-17-52(2,69)30-64)59-50(58-47)70-32-53(18-19-53)31-62-21-15-33(16-22-62)29-61-23-25-63(26-24-61)35-10-12-40-42(27-35)60(3)51(68)65(40)41-13-14-43(66)57-49(41)67/h1,5,7-12,27-28,33,41,69H,6,13-26,29-32H2,2-3H3,(H,57,66,67)/t41?,52-/m1/s1. The van der Waals surface area contributed by atoms with E-state index in [0.29, 0.717) is 71.5 Å². The highest BCUT2D eigenvalue weighted by Crippen LogP contribution is 2.47. The van der Waals surface area contributed by atoms with E-state index in [9.17, 15) is 23.9 Å². The van der Waals surface area contributed by atoms with Crippen molar-refractivity contribution < 1.29 is 28.2 Å². The number of β-amino-alcohol motifs (C(OH)–C–C–N with tert-alkyl or cyclic N) is 1. The van der Waals surface area contributed by atoms with Gasteiger partial charge in [0.1, 0.15) is 28.9 Å². The third-order valence-corrected chi connectivity index (χ3v) is 15.6. The minimum absolute atomic E-state index is 0.00335. The largest absolute Gasteiger partial charge is 0.463 e. The molecule has 15 nitrogen and oxygen atoms in total. The first kappa shape index (κ1) is 45.9. The number of aromatic nitrogens is 5. The van der Waals surface area contributed by atoms with Crippen LogP contribution in [0.5, 0.6) is 6.01 Å². The molecular weight excluding hydrogens is 895 g/mol. The Balaban J connectivity index is 0.729. The van der Waals surface area contributed by atoms with Crippen molar-refractivity contribution in [1.29, 1.82) is 0 Å². The molecule has 2 amide bonds. The summed E-state index contributed by atoms with van der Waals surface area (Å²) in [6.07, 6.45) is 13.5. The molecule has 5 fully saturated rings. The molecule has 7 heterocycles. The van der Waals surface area contributed by atoms with E-state index in [0.717, 1.165) is 95.7 Å². The van der Waals surface area contributed by atoms with Crippen LogP contribution in [0.2, 0.25) is 0 Å². The quantitative estimate of drug-likeness (QED) is 0.120. The Morgan fingerprint density at radius 1 is 0.914 bits per heavy atom. The number of ether oxygens (including phenoxy) is 1. The van der Waals surface area contributed by atoms with Crippen LogP contribution in [0.4, 0.5) is 20.3 Å². The van der Waals surface area contributed by atoms with Crippen molar-refractivity contribution in [3.8, 4) is 29.6 Å². The molecule has 17 heteroatoms. The van der Waals surface area contributed by atoms with Crippen LogP contribution in [0.3, 0.4) is 0 Å². The topological polar surface area (TPSA) is 154 Å². The maximum Gasteiger partial charge on any atom is 0.329 e. The number of piperidine rings is 3. The molecular formula is C53H58F2N10O5. The number of terminal acetylenes is 1. The van der Waals surface area contributed by atoms with E-state index in [2.05, 4.69) is 30.9 Å². The number of aliphatic hydroxyl groups is 1. The monoisotopic (exact) mass is 952 g/mol. The average Bonchev–Trinajstić information content (AvgIpc) is 4.08. The van der Waals surface area contributed by atoms with Crippen molar-refractivity contribution in [2.75, 3.05) is 81.9 Å². The lowest BCUT2D eigenvalue weighted by Gasteiger charge is -2.40. The molecule has 4 saturated heterocycles. The Morgan fingerprint density at radius 2 is 1.71 bits per heavy atom. The second-order valence-corrected chi connectivity index (χ2v) is 20.7. The molecule has 0 bridgehead atoms. The number of halogens is 2. The average molecular weight is 953 g/mol. The number of hydrogen-bond donors (Lipinski definition) is 2. The number of rotatable bonds is 11. The predicted octanol–water partition coefficient (Wildman–Crippen LogP) is 5.78. The van der Waals surface area contributed by atoms with E-state index in [4.69, 9.17) is 21.1 Å². The summed E-state index contributed by atoms with van der Waals surface area (Å²) in [6, 6.07) is 13.5. The highest BCUT2D eigenvalue weighted by Gasteiger charge is 2.46. The number of nitrogens with one attached hydrogen (secondary N) is 1. The van der Waals surface area contributed by atoms with Crippen LogP contribution >= 0.6 is 0 Å². The number of aryl methyl sites for hydroxylation is 1. The summed E-state index contributed by atoms with van der Waals surface area (Å²) in [5.74, 6) is 1.51. The van der Waals surface area contributed by atoms with E-state index in [1.54, 1.807) is 49.0 Å². The molecule has 3 aromatic heterocycles. The van der Waals surface area contributed by atoms with Gasteiger partial charge in [0.15, 0.2) is 5.82 Å². The number of fused-ring (bicyclic) bond motifs is 3. The molecule has 1 aliphatic carbocycles. The maximum absolute atomic E-state index is 17.0. The Morgan fingerprint density at radius 3 is 2.46 bits per heavy atom. The van der Waals surface area contributed by atoms with Gasteiger partial charge in [-0.3, -0.25) is 33.9 Å². The Labute approximate surface area is 404 Å². The molecule has 1 unspecified atom stereocenters. The lowest BCUT2D eigenvalue weighted by molar-refractivity contribution is -0.135. The van der Waals surface area contributed by atoms with Crippen molar-refractivity contribution in [3.63, 3.8) is 0 Å². The van der Waals surface area contributed by atoms with Crippen LogP contribution in [0, 0.1) is 35.3 Å². The zero-order valence-corrected chi connectivity index (χ0v) is 39.7. The molecule has 6 aromatic rings. The first-order valence-corrected chi connectivity index (χ1v) is 24.7. The van der Waals surface area contributed by atoms with Crippen LogP contribution in [0.1, 0.15) is 69.9 Å². The number of pyridine rings is 1. The number of likely N-dealkylation sites (tertiary alicyclic amines) is 1. The number of imide groups is 1. The molecule has 11 rings (SSSR count). The second kappa shape index (κ2) is 18.0. The maximum atomic E-state index is 17.0. The summed E-state index contributed by atoms with van der Waals surface area (Å²) in [4.78, 5) is 61.3. The Kier molecular flexibility index (Phi) is 11.8. The lowest BCUT2D eigenvalue weighted by Crippen LogP contribution is -2.49. The third-order valence-electron chi connectivity index (χ3n) is 15.6. The van der Waals surface area contributed by atoms with Crippen molar-refractivity contribution in [2.45, 2.75) is 69.9 Å². The van der Waals surface area contributed by atoms with Gasteiger partial charge in [-0.05, 0) is 101 Å². The zero-order valence-electron chi connectivity index (χ0n) is 39.7. The number of piperazine rings is 1. The minimum Gasteiger partial charge on any atom is -0.463 e. The van der Waals surface area contributed by atoms with Crippen molar-refractivity contribution >= 4 is 56.0 Å². The summed E-state index contributed by atoms with van der Waals surface area (Å²) < 4.78 is 41.6. The SMILES string of the molecule is C#Cc1c(F)ccc2cccc(-c3ncc4c(N5CCC[C@@](C)(O)C5)nc(OCC5(CN6CCC(CN7CCN(c8ccc9c(c8)n(C)c(=O)n9C8CCC(=O)NC8=O)CC7)CC6)CC5)nc4c3F)c12. The summed E-state index contributed by atoms with van der Waals surface area (Å²) in [6.45, 7) is 10.7. The van der Waals surface area contributed by atoms with E-state index in [1.807, 2.05) is 23.1 Å². The first-order chi connectivity index (χ1) is 33.8. The van der Waals surface area contributed by atoms with Crippen LogP contribution in [-0.4, -0.2) is 128 Å². The molecule has 2 atom stereocenters. The van der Waals surface area contributed by atoms with Gasteiger partial charge in [0.05, 0.1) is 34.2 Å². The normalized spacial score (nSPS) is 22.5. The second-order valence-electron chi connectivity index (χ2n) is 20.7. The minimum atomic E-state index is -0.958. The van der Waals surface area contributed by atoms with Gasteiger partial charge in [0.25, 0.3) is 0 Å². The first-order valence-electron chi connectivity index (χ1n) is 24.7. The highest BCUT2D eigenvalue weighted by molar-refractivity contribution is 6.02. The number of imidazole rings is 1. The van der Waals surface area contributed by atoms with Gasteiger partial charge in [0, 0.05) is 94.1 Å². The van der Waals surface area contributed by atoms with Crippen LogP contribution < -0.4 is 25.5 Å². The Bertz CT molecular complexity index is 3160. The fourth-order valence-corrected chi connectivity index (χ4v) is 11.5. The van der Waals surface area contributed by atoms with E-state index >= 15 is 4.39 Å². The number of carbonyl (C=O) groups excluding carboxylic acids is 2. The third kappa shape index (κ3) is 8.64. The van der Waals surface area contributed by atoms with E-state index in [1.165, 1.54) is 10.6 Å². The predicted molar refractivity (Wildman–Crippen MR) is 264 cm³/mol. The van der Waals surface area contributed by atoms with Crippen molar-refractivity contribution in [1.82, 2.24) is 39.2 Å². The summed E-state index contributed by atoms with van der Waals surface area (Å²) >= 11 is 0. The molecule has 1 saturated carbocycles. The van der Waals surface area contributed by atoms with Gasteiger partial charge >= 0.3 is 11.7 Å². The molecule has 364 valence electrons. The number of nitrogens with zero attached hydrogens (tertiary/aromatic N) is 9. The van der Waals surface area contributed by atoms with Gasteiger partial charge in [-0.15, -0.1) is 6.42 Å². The van der Waals surface area contributed by atoms with Gasteiger partial charge in [0.2, 0.25) is 11.8 Å². The fourth-order valence-electron chi connectivity index (χ4n) is 11.5. The van der Waals surface area contributed by atoms with Crippen molar-refractivity contribution in [3.05, 3.63) is 82.4 Å². The molecule has 5 aliphatic rings. The van der Waals surface area contributed by atoms with Crippen LogP contribution in [0.25, 0.3) is 44.0 Å². The Hall–Kier alpha value is -6.48.